The number of methoxy groups -OCH3 is 1. The highest BCUT2D eigenvalue weighted by atomic mass is 19.1. The maximum absolute atomic E-state index is 13.4. The highest BCUT2D eigenvalue weighted by molar-refractivity contribution is 5.99. The summed E-state index contributed by atoms with van der Waals surface area (Å²) in [5, 5.41) is 0. The fraction of sp³-hybridized carbons (Fsp3) is 0.0455. The summed E-state index contributed by atoms with van der Waals surface area (Å²) in [5.41, 5.74) is 4.26. The summed E-state index contributed by atoms with van der Waals surface area (Å²) in [7, 11) is 1.34. The second kappa shape index (κ2) is 6.96. The molecular weight excluding hydrogens is 343 g/mol. The van der Waals surface area contributed by atoms with Gasteiger partial charge in [-0.25, -0.2) is 19.2 Å². The molecule has 0 amide bonds. The topological polar surface area (TPSA) is 52.1 Å². The van der Waals surface area contributed by atoms with E-state index >= 15 is 0 Å². The second-order valence-corrected chi connectivity index (χ2v) is 5.95. The Morgan fingerprint density at radius 2 is 1.41 bits per heavy atom. The van der Waals surface area contributed by atoms with E-state index in [2.05, 4.69) is 0 Å². The lowest BCUT2D eigenvalue weighted by Gasteiger charge is -2.13. The number of hydrogen-bond donors (Lipinski definition) is 0. The van der Waals surface area contributed by atoms with Crippen molar-refractivity contribution in [3.8, 4) is 22.5 Å². The first-order valence-corrected chi connectivity index (χ1v) is 8.38. The molecule has 132 valence electrons. The molecule has 1 aromatic heterocycles. The van der Waals surface area contributed by atoms with Crippen molar-refractivity contribution in [3.05, 3.63) is 84.2 Å². The Hall–Kier alpha value is -3.60. The molecule has 0 aliphatic carbocycles. The van der Waals surface area contributed by atoms with Gasteiger partial charge in [0.15, 0.2) is 0 Å². The number of esters is 1. The van der Waals surface area contributed by atoms with Gasteiger partial charge in [0.25, 0.3) is 0 Å². The Morgan fingerprint density at radius 1 is 0.815 bits per heavy atom. The molecule has 4 rings (SSSR count). The minimum Gasteiger partial charge on any atom is -0.465 e. The molecule has 0 saturated heterocycles. The van der Waals surface area contributed by atoms with Crippen molar-refractivity contribution in [1.29, 1.82) is 0 Å². The lowest BCUT2D eigenvalue weighted by atomic mass is 9.99. The second-order valence-electron chi connectivity index (χ2n) is 5.95. The van der Waals surface area contributed by atoms with Crippen LogP contribution < -0.4 is 0 Å². The van der Waals surface area contributed by atoms with Gasteiger partial charge in [0, 0.05) is 11.1 Å². The third-order valence-electron chi connectivity index (χ3n) is 4.28. The molecule has 0 aliphatic rings. The van der Waals surface area contributed by atoms with Crippen molar-refractivity contribution < 1.29 is 13.9 Å². The van der Waals surface area contributed by atoms with Crippen molar-refractivity contribution in [1.82, 2.24) is 9.97 Å². The minimum absolute atomic E-state index is 0.330. The van der Waals surface area contributed by atoms with Crippen LogP contribution in [0.5, 0.6) is 0 Å². The average molecular weight is 358 g/mol. The van der Waals surface area contributed by atoms with E-state index in [1.807, 2.05) is 30.3 Å². The van der Waals surface area contributed by atoms with Gasteiger partial charge in [-0.05, 0) is 42.5 Å². The lowest BCUT2D eigenvalue weighted by molar-refractivity contribution is 0.0601. The van der Waals surface area contributed by atoms with Crippen LogP contribution in [0.15, 0.2) is 72.8 Å². The van der Waals surface area contributed by atoms with Gasteiger partial charge in [-0.2, -0.15) is 0 Å². The van der Waals surface area contributed by atoms with Crippen molar-refractivity contribution in [3.63, 3.8) is 0 Å². The molecule has 0 bridgehead atoms. The Bertz CT molecular complexity index is 1140. The van der Waals surface area contributed by atoms with Gasteiger partial charge in [-0.1, -0.05) is 30.3 Å². The van der Waals surface area contributed by atoms with E-state index in [9.17, 15) is 9.18 Å². The van der Waals surface area contributed by atoms with Crippen LogP contribution in [-0.2, 0) is 4.74 Å². The molecule has 0 fully saturated rings. The van der Waals surface area contributed by atoms with Crippen LogP contribution >= 0.6 is 0 Å². The van der Waals surface area contributed by atoms with E-state index in [4.69, 9.17) is 14.7 Å². The van der Waals surface area contributed by atoms with Crippen LogP contribution in [0.25, 0.3) is 33.5 Å². The summed E-state index contributed by atoms with van der Waals surface area (Å²) in [5.74, 6) is -0.783. The number of aromatic nitrogens is 2. The molecule has 4 aromatic rings. The molecule has 4 nitrogen and oxygen atoms in total. The van der Waals surface area contributed by atoms with E-state index < -0.39 is 5.97 Å². The predicted octanol–water partition coefficient (Wildman–Crippen LogP) is 4.89. The van der Waals surface area contributed by atoms with Gasteiger partial charge in [0.05, 0.1) is 35.1 Å². The maximum Gasteiger partial charge on any atom is 0.338 e. The van der Waals surface area contributed by atoms with Gasteiger partial charge < -0.3 is 4.74 Å². The summed E-state index contributed by atoms with van der Waals surface area (Å²) < 4.78 is 18.3. The third-order valence-corrected chi connectivity index (χ3v) is 4.28. The molecule has 0 unspecified atom stereocenters. The molecule has 1 heterocycles. The van der Waals surface area contributed by atoms with E-state index in [1.54, 1.807) is 30.3 Å². The molecule has 27 heavy (non-hydrogen) atoms. The summed E-state index contributed by atoms with van der Waals surface area (Å²) in [4.78, 5) is 21.7. The summed E-state index contributed by atoms with van der Waals surface area (Å²) in [6.45, 7) is 0. The summed E-state index contributed by atoms with van der Waals surface area (Å²) in [6, 6.07) is 20.6. The fourth-order valence-electron chi connectivity index (χ4n) is 2.97. The zero-order valence-corrected chi connectivity index (χ0v) is 14.5. The molecule has 0 aliphatic heterocycles. The predicted molar refractivity (Wildman–Crippen MR) is 102 cm³/mol. The van der Waals surface area contributed by atoms with Crippen molar-refractivity contribution in [2.24, 2.45) is 0 Å². The lowest BCUT2D eigenvalue weighted by Crippen LogP contribution is -2.05. The van der Waals surface area contributed by atoms with Crippen LogP contribution in [0.3, 0.4) is 0 Å². The van der Waals surface area contributed by atoms with Crippen molar-refractivity contribution >= 4 is 17.0 Å². The molecular formula is C22H15FN2O2. The fourth-order valence-corrected chi connectivity index (χ4v) is 2.97. The summed E-state index contributed by atoms with van der Waals surface area (Å²) in [6.07, 6.45) is 0. The minimum atomic E-state index is -0.453. The first-order valence-electron chi connectivity index (χ1n) is 8.38. The Balaban J connectivity index is 2.04. The van der Waals surface area contributed by atoms with E-state index in [0.717, 1.165) is 5.52 Å². The van der Waals surface area contributed by atoms with E-state index in [0.29, 0.717) is 33.6 Å². The molecule has 0 saturated carbocycles. The molecule has 5 heteroatoms. The highest BCUT2D eigenvalue weighted by Crippen LogP contribution is 2.33. The molecule has 0 N–H and O–H groups in total. The number of carbonyl (C=O) groups is 1. The van der Waals surface area contributed by atoms with Crippen molar-refractivity contribution in [2.45, 2.75) is 0 Å². The largest absolute Gasteiger partial charge is 0.465 e. The number of hydrogen-bond acceptors (Lipinski definition) is 4. The molecule has 0 spiro atoms. The number of fused-ring (bicyclic) bond motifs is 1. The standard InChI is InChI=1S/C22H15FN2O2/c1-27-22(26)17-7-3-2-6-16(17)21-20(14-10-12-15(23)13-11-14)24-18-8-4-5-9-19(18)25-21/h2-13H,1H3. The van der Waals surface area contributed by atoms with Gasteiger partial charge in [0.1, 0.15) is 5.82 Å². The molecule has 0 atom stereocenters. The number of para-hydroxylation sites is 2. The first-order chi connectivity index (χ1) is 13.2. The average Bonchev–Trinajstić information content (AvgIpc) is 2.73. The maximum atomic E-state index is 13.4. The van der Waals surface area contributed by atoms with Crippen LogP contribution in [0, 0.1) is 5.82 Å². The Kier molecular flexibility index (Phi) is 4.34. The van der Waals surface area contributed by atoms with E-state index in [-0.39, 0.29) is 5.82 Å². The van der Waals surface area contributed by atoms with Crippen LogP contribution in [-0.4, -0.2) is 23.0 Å². The number of rotatable bonds is 3. The number of benzene rings is 3. The van der Waals surface area contributed by atoms with Crippen molar-refractivity contribution in [2.75, 3.05) is 7.11 Å². The van der Waals surface area contributed by atoms with Gasteiger partial charge in [0.2, 0.25) is 0 Å². The Morgan fingerprint density at radius 3 is 2.07 bits per heavy atom. The van der Waals surface area contributed by atoms with Gasteiger partial charge in [-0.15, -0.1) is 0 Å². The smallest absolute Gasteiger partial charge is 0.338 e. The van der Waals surface area contributed by atoms with E-state index in [1.165, 1.54) is 19.2 Å². The first kappa shape index (κ1) is 16.8. The van der Waals surface area contributed by atoms with Crippen LogP contribution in [0.4, 0.5) is 4.39 Å². The van der Waals surface area contributed by atoms with Crippen LogP contribution in [0.1, 0.15) is 10.4 Å². The molecule has 0 radical (unpaired) electrons. The number of nitrogens with zero attached hydrogens (tertiary/aromatic N) is 2. The summed E-state index contributed by atoms with van der Waals surface area (Å²) >= 11 is 0. The monoisotopic (exact) mass is 358 g/mol. The molecule has 3 aromatic carbocycles. The number of carbonyl (C=O) groups excluding carboxylic acids is 1. The SMILES string of the molecule is COC(=O)c1ccccc1-c1nc2ccccc2nc1-c1ccc(F)cc1. The zero-order valence-electron chi connectivity index (χ0n) is 14.5. The number of halogens is 1. The quantitative estimate of drug-likeness (QED) is 0.489. The number of ether oxygens (including phenoxy) is 1. The third kappa shape index (κ3) is 3.15. The van der Waals surface area contributed by atoms with Gasteiger partial charge in [-0.3, -0.25) is 0 Å². The van der Waals surface area contributed by atoms with Gasteiger partial charge >= 0.3 is 5.97 Å². The normalized spacial score (nSPS) is 10.7. The zero-order chi connectivity index (χ0) is 18.8. The highest BCUT2D eigenvalue weighted by Gasteiger charge is 2.19. The Labute approximate surface area is 155 Å². The van der Waals surface area contributed by atoms with Crippen LogP contribution in [0.2, 0.25) is 0 Å².